The smallest absolute Gasteiger partial charge is 0.269 e. The van der Waals surface area contributed by atoms with Crippen molar-refractivity contribution in [2.75, 3.05) is 17.2 Å². The van der Waals surface area contributed by atoms with Crippen LogP contribution in [0, 0.1) is 10.1 Å². The van der Waals surface area contributed by atoms with Crippen LogP contribution in [0.4, 0.5) is 17.1 Å². The molecule has 0 radical (unpaired) electrons. The lowest BCUT2D eigenvalue weighted by Crippen LogP contribution is -2.24. The highest BCUT2D eigenvalue weighted by Gasteiger charge is 2.19. The Hall–Kier alpha value is -3.85. The summed E-state index contributed by atoms with van der Waals surface area (Å²) in [7, 11) is 0. The number of ether oxygens (including phenoxy) is 1. The molecule has 1 atom stereocenters. The van der Waals surface area contributed by atoms with Crippen molar-refractivity contribution < 1.29 is 19.2 Å². The average Bonchev–Trinajstić information content (AvgIpc) is 2.88. The van der Waals surface area contributed by atoms with E-state index in [0.717, 1.165) is 23.5 Å². The number of non-ortho nitro benzene ring substituents is 1. The van der Waals surface area contributed by atoms with Gasteiger partial charge in [-0.05, 0) is 67.4 Å². The maximum absolute atomic E-state index is 12.9. The van der Waals surface area contributed by atoms with E-state index >= 15 is 0 Å². The van der Waals surface area contributed by atoms with E-state index in [4.69, 9.17) is 4.74 Å². The number of anilines is 2. The molecule has 0 bridgehead atoms. The van der Waals surface area contributed by atoms with Crippen molar-refractivity contribution in [2.24, 2.45) is 0 Å². The number of carbonyl (C=O) groups is 2. The van der Waals surface area contributed by atoms with E-state index in [-0.39, 0.29) is 22.8 Å². The van der Waals surface area contributed by atoms with Gasteiger partial charge in [0.05, 0.1) is 16.8 Å². The van der Waals surface area contributed by atoms with Gasteiger partial charge in [-0.2, -0.15) is 0 Å². The molecule has 0 heterocycles. The Kier molecular flexibility index (Phi) is 9.88. The monoisotopic (exact) mass is 507 g/mol. The van der Waals surface area contributed by atoms with Gasteiger partial charge >= 0.3 is 0 Å². The van der Waals surface area contributed by atoms with Crippen LogP contribution in [-0.2, 0) is 4.79 Å². The van der Waals surface area contributed by atoms with Gasteiger partial charge < -0.3 is 15.4 Å². The Morgan fingerprint density at radius 2 is 1.69 bits per heavy atom. The first-order chi connectivity index (χ1) is 17.4. The van der Waals surface area contributed by atoms with E-state index in [1.165, 1.54) is 36.0 Å². The van der Waals surface area contributed by atoms with Crippen LogP contribution in [0.5, 0.6) is 5.75 Å². The number of hydrogen-bond donors (Lipinski definition) is 2. The summed E-state index contributed by atoms with van der Waals surface area (Å²) in [5.74, 6) is 0.289. The van der Waals surface area contributed by atoms with Crippen LogP contribution in [0.25, 0.3) is 0 Å². The molecule has 2 amide bonds. The molecule has 0 aliphatic heterocycles. The molecule has 0 aliphatic rings. The summed E-state index contributed by atoms with van der Waals surface area (Å²) in [6.45, 7) is 4.73. The Bertz CT molecular complexity index is 1180. The number of nitro benzene ring substituents is 1. The van der Waals surface area contributed by atoms with Gasteiger partial charge in [-0.3, -0.25) is 19.7 Å². The lowest BCUT2D eigenvalue weighted by atomic mass is 10.2. The van der Waals surface area contributed by atoms with Crippen LogP contribution in [0.15, 0.2) is 77.7 Å². The molecular weight excluding hydrogens is 478 g/mol. The minimum atomic E-state index is -0.513. The Balaban J connectivity index is 1.58. The molecule has 1 unspecified atom stereocenters. The van der Waals surface area contributed by atoms with Gasteiger partial charge in [0.1, 0.15) is 5.75 Å². The number of hydrogen-bond acceptors (Lipinski definition) is 6. The van der Waals surface area contributed by atoms with Crippen LogP contribution in [-0.4, -0.2) is 28.6 Å². The lowest BCUT2D eigenvalue weighted by Gasteiger charge is -2.16. The summed E-state index contributed by atoms with van der Waals surface area (Å²) in [6.07, 6.45) is 2.68. The summed E-state index contributed by atoms with van der Waals surface area (Å²) in [5, 5.41) is 16.2. The van der Waals surface area contributed by atoms with Crippen molar-refractivity contribution in [2.45, 2.75) is 43.3 Å². The van der Waals surface area contributed by atoms with Crippen molar-refractivity contribution in [1.29, 1.82) is 0 Å². The zero-order chi connectivity index (χ0) is 25.9. The number of rotatable bonds is 12. The van der Waals surface area contributed by atoms with Crippen LogP contribution in [0.2, 0.25) is 0 Å². The molecule has 0 aliphatic carbocycles. The fourth-order valence-corrected chi connectivity index (χ4v) is 4.28. The number of thioether (sulfide) groups is 1. The minimum Gasteiger partial charge on any atom is -0.494 e. The van der Waals surface area contributed by atoms with E-state index in [9.17, 15) is 19.7 Å². The first kappa shape index (κ1) is 26.7. The molecule has 0 saturated carbocycles. The topological polar surface area (TPSA) is 111 Å². The third kappa shape index (κ3) is 7.84. The van der Waals surface area contributed by atoms with Gasteiger partial charge in [0.25, 0.3) is 11.6 Å². The number of benzene rings is 3. The molecule has 8 nitrogen and oxygen atoms in total. The van der Waals surface area contributed by atoms with Crippen molar-refractivity contribution in [3.63, 3.8) is 0 Å². The standard InChI is InChI=1S/C27H29N3O5S/c1-3-5-17-35-23-15-11-20(12-16-23)28-27(32)25(4-2)36-24-8-6-7-21(18-24)29-26(31)19-9-13-22(14-10-19)30(33)34/h6-16,18,25H,3-5,17H2,1-2H3,(H,28,32)(H,29,31). The third-order valence-corrected chi connectivity index (χ3v) is 6.62. The van der Waals surface area contributed by atoms with Crippen molar-refractivity contribution in [3.8, 4) is 5.75 Å². The third-order valence-electron chi connectivity index (χ3n) is 5.26. The molecule has 36 heavy (non-hydrogen) atoms. The predicted molar refractivity (Wildman–Crippen MR) is 143 cm³/mol. The zero-order valence-corrected chi connectivity index (χ0v) is 21.0. The van der Waals surface area contributed by atoms with Crippen molar-refractivity contribution >= 4 is 40.6 Å². The second-order valence-electron chi connectivity index (χ2n) is 8.02. The minimum absolute atomic E-state index is 0.0786. The average molecular weight is 508 g/mol. The van der Waals surface area contributed by atoms with Crippen LogP contribution in [0.1, 0.15) is 43.5 Å². The molecule has 3 rings (SSSR count). The molecule has 0 saturated heterocycles. The highest BCUT2D eigenvalue weighted by molar-refractivity contribution is 8.00. The number of nitrogens with one attached hydrogen (secondary N) is 2. The Morgan fingerprint density at radius 1 is 0.972 bits per heavy atom. The fourth-order valence-electron chi connectivity index (χ4n) is 3.26. The van der Waals surface area contributed by atoms with Crippen molar-refractivity contribution in [3.05, 3.63) is 88.5 Å². The highest BCUT2D eigenvalue weighted by Crippen LogP contribution is 2.29. The molecule has 0 fully saturated rings. The number of nitrogens with zero attached hydrogens (tertiary/aromatic N) is 1. The first-order valence-electron chi connectivity index (χ1n) is 11.8. The number of carbonyl (C=O) groups excluding carboxylic acids is 2. The zero-order valence-electron chi connectivity index (χ0n) is 20.2. The van der Waals surface area contributed by atoms with E-state index in [1.807, 2.05) is 37.3 Å². The van der Waals surface area contributed by atoms with Gasteiger partial charge in [-0.15, -0.1) is 11.8 Å². The maximum atomic E-state index is 12.9. The quantitative estimate of drug-likeness (QED) is 0.125. The van der Waals surface area contributed by atoms with E-state index in [0.29, 0.717) is 30.0 Å². The molecule has 0 spiro atoms. The normalized spacial score (nSPS) is 11.4. The number of unbranched alkanes of at least 4 members (excludes halogenated alkanes) is 1. The molecule has 188 valence electrons. The summed E-state index contributed by atoms with van der Waals surface area (Å²) in [4.78, 5) is 36.5. The molecular formula is C27H29N3O5S. The van der Waals surface area contributed by atoms with Crippen LogP contribution in [0.3, 0.4) is 0 Å². The van der Waals surface area contributed by atoms with Crippen LogP contribution < -0.4 is 15.4 Å². The van der Waals surface area contributed by atoms with Gasteiger partial charge in [0, 0.05) is 34.0 Å². The number of nitro groups is 1. The van der Waals surface area contributed by atoms with Gasteiger partial charge in [-0.25, -0.2) is 0 Å². The summed E-state index contributed by atoms with van der Waals surface area (Å²) in [5.41, 5.74) is 1.50. The van der Waals surface area contributed by atoms with Gasteiger partial charge in [0.2, 0.25) is 5.91 Å². The number of amides is 2. The predicted octanol–water partition coefficient (Wildman–Crippen LogP) is 6.54. The molecule has 9 heteroatoms. The van der Waals surface area contributed by atoms with E-state index < -0.39 is 4.92 Å². The second kappa shape index (κ2) is 13.3. The Labute approximate surface area is 214 Å². The Morgan fingerprint density at radius 3 is 2.33 bits per heavy atom. The molecule has 3 aromatic rings. The molecule has 2 N–H and O–H groups in total. The molecule has 3 aromatic carbocycles. The highest BCUT2D eigenvalue weighted by atomic mass is 32.2. The molecule has 0 aromatic heterocycles. The first-order valence-corrected chi connectivity index (χ1v) is 12.6. The second-order valence-corrected chi connectivity index (χ2v) is 9.29. The summed E-state index contributed by atoms with van der Waals surface area (Å²) < 4.78 is 5.66. The lowest BCUT2D eigenvalue weighted by molar-refractivity contribution is -0.384. The van der Waals surface area contributed by atoms with E-state index in [2.05, 4.69) is 17.6 Å². The van der Waals surface area contributed by atoms with Gasteiger partial charge in [-0.1, -0.05) is 26.3 Å². The SMILES string of the molecule is CCCCOc1ccc(NC(=O)C(CC)Sc2cccc(NC(=O)c3ccc([N+](=O)[O-])cc3)c2)cc1. The summed E-state index contributed by atoms with van der Waals surface area (Å²) >= 11 is 1.41. The summed E-state index contributed by atoms with van der Waals surface area (Å²) in [6, 6.07) is 20.0. The van der Waals surface area contributed by atoms with E-state index in [1.54, 1.807) is 18.2 Å². The fraction of sp³-hybridized carbons (Fsp3) is 0.259. The van der Waals surface area contributed by atoms with Crippen molar-refractivity contribution in [1.82, 2.24) is 0 Å². The maximum Gasteiger partial charge on any atom is 0.269 e. The largest absolute Gasteiger partial charge is 0.494 e. The van der Waals surface area contributed by atoms with Gasteiger partial charge in [0.15, 0.2) is 0 Å². The van der Waals surface area contributed by atoms with Crippen LogP contribution >= 0.6 is 11.8 Å².